The van der Waals surface area contributed by atoms with Gasteiger partial charge in [0.25, 0.3) is 0 Å². The van der Waals surface area contributed by atoms with Crippen molar-refractivity contribution in [2.75, 3.05) is 11.9 Å². The van der Waals surface area contributed by atoms with E-state index >= 15 is 0 Å². The number of nitrogens with zero attached hydrogens (tertiary/aromatic N) is 4. The first-order chi connectivity index (χ1) is 12.2. The van der Waals surface area contributed by atoms with Gasteiger partial charge in [-0.2, -0.15) is 4.98 Å². The van der Waals surface area contributed by atoms with Gasteiger partial charge in [0, 0.05) is 30.4 Å². The van der Waals surface area contributed by atoms with Crippen LogP contribution in [0.3, 0.4) is 0 Å². The molecule has 2 heterocycles. The average Bonchev–Trinajstić information content (AvgIpc) is 2.62. The molecule has 0 aliphatic rings. The van der Waals surface area contributed by atoms with Crippen molar-refractivity contribution in [1.29, 1.82) is 0 Å². The molecule has 0 aliphatic carbocycles. The van der Waals surface area contributed by atoms with Crippen molar-refractivity contribution in [3.8, 4) is 5.88 Å². The standard InChI is InChI=1S/C18H18ClN5O/c1-13-8-22-16(23-9-13)5-6-21-17-10-20-11-18(24-17)25-12-14-3-2-4-15(19)7-14/h2-4,7-11H,5-6,12H2,1H3,(H,21,24). The Balaban J connectivity index is 1.51. The topological polar surface area (TPSA) is 72.8 Å². The van der Waals surface area contributed by atoms with Crippen LogP contribution in [0.25, 0.3) is 0 Å². The number of halogens is 1. The van der Waals surface area contributed by atoms with Gasteiger partial charge in [0.05, 0.1) is 12.4 Å². The predicted octanol–water partition coefficient (Wildman–Crippen LogP) is 3.46. The Labute approximate surface area is 151 Å². The number of hydrogen-bond acceptors (Lipinski definition) is 6. The number of ether oxygens (including phenoxy) is 1. The van der Waals surface area contributed by atoms with Crippen LogP contribution < -0.4 is 10.1 Å². The molecule has 0 saturated heterocycles. The van der Waals surface area contributed by atoms with Gasteiger partial charge >= 0.3 is 0 Å². The van der Waals surface area contributed by atoms with Crippen molar-refractivity contribution in [3.05, 3.63) is 71.0 Å². The van der Waals surface area contributed by atoms with E-state index in [9.17, 15) is 0 Å². The van der Waals surface area contributed by atoms with Crippen LogP contribution in [0.1, 0.15) is 17.0 Å². The second-order valence-corrected chi connectivity index (χ2v) is 5.95. The molecule has 6 nitrogen and oxygen atoms in total. The van der Waals surface area contributed by atoms with Crippen molar-refractivity contribution in [3.63, 3.8) is 0 Å². The summed E-state index contributed by atoms with van der Waals surface area (Å²) in [7, 11) is 0. The highest BCUT2D eigenvalue weighted by atomic mass is 35.5. The number of hydrogen-bond donors (Lipinski definition) is 1. The van der Waals surface area contributed by atoms with Crippen LogP contribution >= 0.6 is 11.6 Å². The Morgan fingerprint density at radius 3 is 2.76 bits per heavy atom. The fourth-order valence-electron chi connectivity index (χ4n) is 2.14. The maximum atomic E-state index is 5.96. The van der Waals surface area contributed by atoms with Crippen molar-refractivity contribution < 1.29 is 4.74 Å². The van der Waals surface area contributed by atoms with Crippen LogP contribution in [0.5, 0.6) is 5.88 Å². The monoisotopic (exact) mass is 355 g/mol. The third-order valence-corrected chi connectivity index (χ3v) is 3.61. The lowest BCUT2D eigenvalue weighted by atomic mass is 10.2. The van der Waals surface area contributed by atoms with E-state index in [1.807, 2.05) is 43.6 Å². The Hall–Kier alpha value is -2.73. The summed E-state index contributed by atoms with van der Waals surface area (Å²) in [5.41, 5.74) is 2.02. The first-order valence-corrected chi connectivity index (χ1v) is 8.27. The molecule has 128 valence electrons. The largest absolute Gasteiger partial charge is 0.472 e. The number of benzene rings is 1. The molecule has 0 radical (unpaired) electrons. The molecular weight excluding hydrogens is 338 g/mol. The lowest BCUT2D eigenvalue weighted by Crippen LogP contribution is -2.09. The molecule has 3 rings (SSSR count). The number of nitrogens with one attached hydrogen (secondary N) is 1. The summed E-state index contributed by atoms with van der Waals surface area (Å²) in [6.07, 6.45) is 7.56. The molecule has 0 amide bonds. The van der Waals surface area contributed by atoms with E-state index in [1.54, 1.807) is 12.4 Å². The SMILES string of the molecule is Cc1cnc(CCNc2cncc(OCc3cccc(Cl)c3)n2)nc1. The number of aryl methyl sites for hydroxylation is 1. The maximum absolute atomic E-state index is 5.96. The summed E-state index contributed by atoms with van der Waals surface area (Å²) in [5.74, 6) is 1.90. The van der Waals surface area contributed by atoms with E-state index in [4.69, 9.17) is 16.3 Å². The average molecular weight is 356 g/mol. The third-order valence-electron chi connectivity index (χ3n) is 3.38. The summed E-state index contributed by atoms with van der Waals surface area (Å²) < 4.78 is 5.67. The molecule has 0 unspecified atom stereocenters. The van der Waals surface area contributed by atoms with E-state index < -0.39 is 0 Å². The van der Waals surface area contributed by atoms with Gasteiger partial charge in [0.1, 0.15) is 18.2 Å². The Morgan fingerprint density at radius 2 is 1.96 bits per heavy atom. The van der Waals surface area contributed by atoms with Crippen molar-refractivity contribution >= 4 is 17.4 Å². The molecule has 0 spiro atoms. The minimum absolute atomic E-state index is 0.385. The fraction of sp³-hybridized carbons (Fsp3) is 0.222. The summed E-state index contributed by atoms with van der Waals surface area (Å²) in [4.78, 5) is 17.1. The quantitative estimate of drug-likeness (QED) is 0.699. The second-order valence-electron chi connectivity index (χ2n) is 5.51. The van der Waals surface area contributed by atoms with Crippen molar-refractivity contribution in [1.82, 2.24) is 19.9 Å². The van der Waals surface area contributed by atoms with Gasteiger partial charge in [0.2, 0.25) is 5.88 Å². The summed E-state index contributed by atoms with van der Waals surface area (Å²) in [6, 6.07) is 7.52. The van der Waals surface area contributed by atoms with Gasteiger partial charge in [-0.15, -0.1) is 0 Å². The smallest absolute Gasteiger partial charge is 0.234 e. The molecule has 2 aromatic heterocycles. The van der Waals surface area contributed by atoms with E-state index in [-0.39, 0.29) is 0 Å². The van der Waals surface area contributed by atoms with Crippen LogP contribution in [-0.2, 0) is 13.0 Å². The molecule has 0 saturated carbocycles. The van der Waals surface area contributed by atoms with Gasteiger partial charge in [0.15, 0.2) is 0 Å². The molecular formula is C18H18ClN5O. The van der Waals surface area contributed by atoms with Crippen LogP contribution in [0.15, 0.2) is 49.1 Å². The highest BCUT2D eigenvalue weighted by Crippen LogP contribution is 2.14. The van der Waals surface area contributed by atoms with Crippen LogP contribution in [-0.4, -0.2) is 26.5 Å². The van der Waals surface area contributed by atoms with E-state index in [2.05, 4.69) is 25.3 Å². The molecule has 0 fully saturated rings. The normalized spacial score (nSPS) is 10.5. The predicted molar refractivity (Wildman–Crippen MR) is 96.8 cm³/mol. The van der Waals surface area contributed by atoms with Gasteiger partial charge in [-0.3, -0.25) is 4.98 Å². The lowest BCUT2D eigenvalue weighted by molar-refractivity contribution is 0.293. The first-order valence-electron chi connectivity index (χ1n) is 7.90. The van der Waals surface area contributed by atoms with E-state index in [0.717, 1.165) is 17.0 Å². The molecule has 7 heteroatoms. The third kappa shape index (κ3) is 5.39. The summed E-state index contributed by atoms with van der Waals surface area (Å²) in [5, 5.41) is 3.88. The highest BCUT2D eigenvalue weighted by Gasteiger charge is 2.02. The Kier molecular flexibility index (Phi) is 5.74. The van der Waals surface area contributed by atoms with Crippen molar-refractivity contribution in [2.45, 2.75) is 20.0 Å². The van der Waals surface area contributed by atoms with Gasteiger partial charge in [-0.25, -0.2) is 9.97 Å². The molecule has 0 atom stereocenters. The van der Waals surface area contributed by atoms with Gasteiger partial charge < -0.3 is 10.1 Å². The van der Waals surface area contributed by atoms with Crippen LogP contribution in [0.2, 0.25) is 5.02 Å². The number of aromatic nitrogens is 4. The highest BCUT2D eigenvalue weighted by molar-refractivity contribution is 6.30. The molecule has 3 aromatic rings. The molecule has 0 bridgehead atoms. The second kappa shape index (κ2) is 8.39. The van der Waals surface area contributed by atoms with E-state index in [1.165, 1.54) is 0 Å². The molecule has 0 aliphatic heterocycles. The zero-order valence-electron chi connectivity index (χ0n) is 13.8. The van der Waals surface area contributed by atoms with Crippen LogP contribution in [0.4, 0.5) is 5.82 Å². The summed E-state index contributed by atoms with van der Waals surface area (Å²) in [6.45, 7) is 3.01. The lowest BCUT2D eigenvalue weighted by Gasteiger charge is -2.08. The first kappa shape index (κ1) is 17.1. The summed E-state index contributed by atoms with van der Waals surface area (Å²) >= 11 is 5.96. The molecule has 1 aromatic carbocycles. The zero-order chi connectivity index (χ0) is 17.5. The maximum Gasteiger partial charge on any atom is 0.234 e. The molecule has 1 N–H and O–H groups in total. The number of anilines is 1. The minimum atomic E-state index is 0.385. The molecule has 25 heavy (non-hydrogen) atoms. The Morgan fingerprint density at radius 1 is 1.12 bits per heavy atom. The fourth-order valence-corrected chi connectivity index (χ4v) is 2.35. The number of rotatable bonds is 7. The van der Waals surface area contributed by atoms with E-state index in [0.29, 0.717) is 36.3 Å². The van der Waals surface area contributed by atoms with Crippen molar-refractivity contribution in [2.24, 2.45) is 0 Å². The van der Waals surface area contributed by atoms with Gasteiger partial charge in [-0.05, 0) is 30.2 Å². The minimum Gasteiger partial charge on any atom is -0.472 e. The zero-order valence-corrected chi connectivity index (χ0v) is 14.6. The van der Waals surface area contributed by atoms with Crippen LogP contribution in [0, 0.1) is 6.92 Å². The van der Waals surface area contributed by atoms with Gasteiger partial charge in [-0.1, -0.05) is 23.7 Å². The Bertz CT molecular complexity index is 826.